The Morgan fingerprint density at radius 1 is 1.25 bits per heavy atom. The summed E-state index contributed by atoms with van der Waals surface area (Å²) in [7, 11) is 4.96. The summed E-state index contributed by atoms with van der Waals surface area (Å²) in [6.07, 6.45) is 3.12. The largest absolute Gasteiger partial charge is 0.496 e. The first-order valence-electron chi connectivity index (χ1n) is 8.06. The van der Waals surface area contributed by atoms with Gasteiger partial charge in [0, 0.05) is 37.9 Å². The monoisotopic (exact) mass is 332 g/mol. The number of hydrogen-bond acceptors (Lipinski definition) is 4. The van der Waals surface area contributed by atoms with E-state index in [0.29, 0.717) is 19.6 Å². The highest BCUT2D eigenvalue weighted by molar-refractivity contribution is 5.93. The van der Waals surface area contributed by atoms with E-state index in [1.807, 2.05) is 29.3 Å². The average molecular weight is 332 g/mol. The predicted octanol–water partition coefficient (Wildman–Crippen LogP) is 1.98. The van der Waals surface area contributed by atoms with Crippen LogP contribution in [0.3, 0.4) is 0 Å². The van der Waals surface area contributed by atoms with Crippen LogP contribution in [0.5, 0.6) is 5.75 Å². The molecule has 1 aromatic carbocycles. The third-order valence-corrected chi connectivity index (χ3v) is 4.81. The maximum Gasteiger partial charge on any atom is 0.227 e. The molecule has 0 atom stereocenters. The number of nitrogens with zero attached hydrogens (tertiary/aromatic N) is 1. The summed E-state index contributed by atoms with van der Waals surface area (Å²) >= 11 is 0. The smallest absolute Gasteiger partial charge is 0.227 e. The molecule has 3 rings (SSSR count). The molecular formula is C18H24N2O4. The number of nitrogens with one attached hydrogen (secondary N) is 1. The molecule has 0 saturated carbocycles. The number of aromatic amines is 1. The van der Waals surface area contributed by atoms with E-state index in [1.54, 1.807) is 21.3 Å². The fourth-order valence-corrected chi connectivity index (χ4v) is 3.60. The van der Waals surface area contributed by atoms with Crippen molar-refractivity contribution in [2.24, 2.45) is 0 Å². The Balaban J connectivity index is 1.83. The molecule has 0 radical (unpaired) electrons. The first-order valence-corrected chi connectivity index (χ1v) is 8.06. The minimum Gasteiger partial charge on any atom is -0.496 e. The number of ether oxygens (including phenoxy) is 3. The van der Waals surface area contributed by atoms with Crippen LogP contribution < -0.4 is 4.74 Å². The lowest BCUT2D eigenvalue weighted by Crippen LogP contribution is -2.67. The minimum absolute atomic E-state index is 0.0853. The van der Waals surface area contributed by atoms with Crippen molar-refractivity contribution in [1.82, 2.24) is 9.88 Å². The molecule has 24 heavy (non-hydrogen) atoms. The van der Waals surface area contributed by atoms with Crippen molar-refractivity contribution in [3.63, 3.8) is 0 Å². The van der Waals surface area contributed by atoms with E-state index in [-0.39, 0.29) is 11.4 Å². The number of methoxy groups -OCH3 is 3. The Morgan fingerprint density at radius 2 is 2.00 bits per heavy atom. The number of benzene rings is 1. The van der Waals surface area contributed by atoms with E-state index in [4.69, 9.17) is 14.2 Å². The van der Waals surface area contributed by atoms with E-state index in [9.17, 15) is 4.79 Å². The summed E-state index contributed by atoms with van der Waals surface area (Å²) < 4.78 is 16.1. The van der Waals surface area contributed by atoms with E-state index in [2.05, 4.69) is 4.98 Å². The van der Waals surface area contributed by atoms with Crippen molar-refractivity contribution in [3.8, 4) is 5.75 Å². The van der Waals surface area contributed by atoms with Crippen LogP contribution in [0.15, 0.2) is 24.4 Å². The lowest BCUT2D eigenvalue weighted by Gasteiger charge is -2.52. The fourth-order valence-electron chi connectivity index (χ4n) is 3.60. The van der Waals surface area contributed by atoms with Gasteiger partial charge in [-0.3, -0.25) is 4.79 Å². The number of carbonyl (C=O) groups is 1. The van der Waals surface area contributed by atoms with Gasteiger partial charge in [-0.1, -0.05) is 6.07 Å². The number of hydrogen-bond donors (Lipinski definition) is 1. The van der Waals surface area contributed by atoms with Crippen LogP contribution >= 0.6 is 0 Å². The van der Waals surface area contributed by atoms with Crippen LogP contribution in [0.25, 0.3) is 10.9 Å². The summed E-state index contributed by atoms with van der Waals surface area (Å²) in [5.74, 6) is 0.863. The first kappa shape index (κ1) is 16.8. The summed E-state index contributed by atoms with van der Waals surface area (Å²) in [5.41, 5.74) is 1.58. The first-order chi connectivity index (χ1) is 11.6. The molecule has 2 aromatic rings. The molecule has 0 bridgehead atoms. The Labute approximate surface area is 141 Å². The van der Waals surface area contributed by atoms with Gasteiger partial charge in [-0.2, -0.15) is 0 Å². The van der Waals surface area contributed by atoms with Gasteiger partial charge >= 0.3 is 0 Å². The van der Waals surface area contributed by atoms with Crippen molar-refractivity contribution >= 4 is 16.8 Å². The number of H-pyrrole nitrogens is 1. The molecular weight excluding hydrogens is 308 g/mol. The standard InChI is InChI=1S/C18H24N2O4/c1-22-11-18(12-23-2)7-8-20(18)16(21)9-13-10-19-14-5-4-6-15(24-3)17(13)14/h4-6,10,19H,7-9,11-12H2,1-3H3. The van der Waals surface area contributed by atoms with Crippen molar-refractivity contribution in [1.29, 1.82) is 0 Å². The lowest BCUT2D eigenvalue weighted by molar-refractivity contribution is -0.158. The van der Waals surface area contributed by atoms with Crippen molar-refractivity contribution in [2.75, 3.05) is 41.1 Å². The second-order valence-corrected chi connectivity index (χ2v) is 6.26. The highest BCUT2D eigenvalue weighted by Crippen LogP contribution is 2.34. The van der Waals surface area contributed by atoms with Gasteiger partial charge < -0.3 is 24.1 Å². The second kappa shape index (κ2) is 6.83. The van der Waals surface area contributed by atoms with E-state index < -0.39 is 0 Å². The lowest BCUT2D eigenvalue weighted by atomic mass is 9.85. The van der Waals surface area contributed by atoms with Crippen molar-refractivity contribution < 1.29 is 19.0 Å². The third-order valence-electron chi connectivity index (χ3n) is 4.81. The minimum atomic E-state index is -0.337. The zero-order valence-corrected chi connectivity index (χ0v) is 14.4. The quantitative estimate of drug-likeness (QED) is 0.842. The molecule has 0 unspecified atom stereocenters. The summed E-state index contributed by atoms with van der Waals surface area (Å²) in [6, 6.07) is 5.82. The van der Waals surface area contributed by atoms with Crippen LogP contribution in [0.1, 0.15) is 12.0 Å². The molecule has 6 heteroatoms. The average Bonchev–Trinajstić information content (AvgIpc) is 2.96. The van der Waals surface area contributed by atoms with E-state index >= 15 is 0 Å². The van der Waals surface area contributed by atoms with Gasteiger partial charge in [0.05, 0.1) is 32.3 Å². The highest BCUT2D eigenvalue weighted by atomic mass is 16.5. The number of likely N-dealkylation sites (tertiary alicyclic amines) is 1. The summed E-state index contributed by atoms with van der Waals surface area (Å²) in [6.45, 7) is 1.72. The topological polar surface area (TPSA) is 63.8 Å². The number of rotatable bonds is 7. The van der Waals surface area contributed by atoms with Gasteiger partial charge in [0.15, 0.2) is 0 Å². The Hall–Kier alpha value is -2.05. The number of fused-ring (bicyclic) bond motifs is 1. The van der Waals surface area contributed by atoms with E-state index in [1.165, 1.54) is 0 Å². The summed E-state index contributed by atoms with van der Waals surface area (Å²) in [5, 5.41) is 0.970. The SMILES string of the molecule is COCC1(COC)CCN1C(=O)Cc1c[nH]c2cccc(OC)c12. The molecule has 2 heterocycles. The zero-order chi connectivity index (χ0) is 17.2. The maximum atomic E-state index is 12.9. The Bertz CT molecular complexity index is 719. The predicted molar refractivity (Wildman–Crippen MR) is 91.4 cm³/mol. The Morgan fingerprint density at radius 3 is 2.58 bits per heavy atom. The molecule has 1 saturated heterocycles. The maximum absolute atomic E-state index is 12.9. The summed E-state index contributed by atoms with van der Waals surface area (Å²) in [4.78, 5) is 18.0. The molecule has 1 aliphatic rings. The molecule has 6 nitrogen and oxygen atoms in total. The number of aromatic nitrogens is 1. The van der Waals surface area contributed by atoms with Gasteiger partial charge in [-0.05, 0) is 24.1 Å². The molecule has 1 aromatic heterocycles. The molecule has 0 aliphatic carbocycles. The van der Waals surface area contributed by atoms with Crippen LogP contribution in [0.2, 0.25) is 0 Å². The third kappa shape index (κ3) is 2.76. The molecule has 1 N–H and O–H groups in total. The molecule has 1 aliphatic heterocycles. The fraction of sp³-hybridized carbons (Fsp3) is 0.500. The van der Waals surface area contributed by atoms with Crippen LogP contribution in [0.4, 0.5) is 0 Å². The van der Waals surface area contributed by atoms with Gasteiger partial charge in [-0.15, -0.1) is 0 Å². The van der Waals surface area contributed by atoms with Crippen molar-refractivity contribution in [2.45, 2.75) is 18.4 Å². The van der Waals surface area contributed by atoms with E-state index in [0.717, 1.165) is 35.2 Å². The van der Waals surface area contributed by atoms with Crippen LogP contribution in [-0.2, 0) is 20.7 Å². The van der Waals surface area contributed by atoms with Crippen molar-refractivity contribution in [3.05, 3.63) is 30.0 Å². The highest BCUT2D eigenvalue weighted by Gasteiger charge is 2.47. The van der Waals surface area contributed by atoms with Crippen LogP contribution in [-0.4, -0.2) is 62.4 Å². The number of amides is 1. The molecule has 0 spiro atoms. The van der Waals surface area contributed by atoms with Crippen LogP contribution in [0, 0.1) is 0 Å². The molecule has 1 amide bonds. The molecule has 1 fully saturated rings. The normalized spacial score (nSPS) is 16.2. The number of carbonyl (C=O) groups excluding carboxylic acids is 1. The second-order valence-electron chi connectivity index (χ2n) is 6.26. The van der Waals surface area contributed by atoms with Gasteiger partial charge in [0.2, 0.25) is 5.91 Å². The van der Waals surface area contributed by atoms with Gasteiger partial charge in [-0.25, -0.2) is 0 Å². The Kier molecular flexibility index (Phi) is 4.78. The van der Waals surface area contributed by atoms with Gasteiger partial charge in [0.1, 0.15) is 5.75 Å². The van der Waals surface area contributed by atoms with Gasteiger partial charge in [0.25, 0.3) is 0 Å². The zero-order valence-electron chi connectivity index (χ0n) is 14.4. The molecule has 130 valence electrons.